The molecule has 0 saturated carbocycles. The fraction of sp³-hybridized carbons (Fsp3) is 0.250. The van der Waals surface area contributed by atoms with Gasteiger partial charge in [0.25, 0.3) is 5.91 Å². The fourth-order valence-corrected chi connectivity index (χ4v) is 4.41. The van der Waals surface area contributed by atoms with Crippen LogP contribution in [0.3, 0.4) is 0 Å². The van der Waals surface area contributed by atoms with Gasteiger partial charge in [-0.25, -0.2) is 4.98 Å². The maximum atomic E-state index is 12.9. The summed E-state index contributed by atoms with van der Waals surface area (Å²) in [5, 5.41) is 2.34. The summed E-state index contributed by atoms with van der Waals surface area (Å²) < 4.78 is 2.01. The van der Waals surface area contributed by atoms with E-state index in [0.717, 1.165) is 33.8 Å². The molecule has 2 aliphatic rings. The molecule has 1 N–H and O–H groups in total. The third-order valence-electron chi connectivity index (χ3n) is 6.08. The Labute approximate surface area is 179 Å². The lowest BCUT2D eigenvalue weighted by atomic mass is 10.0. The number of piperidine rings is 1. The van der Waals surface area contributed by atoms with Crippen molar-refractivity contribution in [1.29, 1.82) is 0 Å². The highest BCUT2D eigenvalue weighted by Gasteiger charge is 2.39. The predicted molar refractivity (Wildman–Crippen MR) is 115 cm³/mol. The zero-order valence-electron chi connectivity index (χ0n) is 17.4. The van der Waals surface area contributed by atoms with Crippen LogP contribution in [0.25, 0.3) is 22.6 Å². The normalized spacial score (nSPS) is 18.3. The van der Waals surface area contributed by atoms with Crippen LogP contribution in [0.4, 0.5) is 0 Å². The van der Waals surface area contributed by atoms with E-state index < -0.39 is 11.9 Å². The van der Waals surface area contributed by atoms with E-state index in [4.69, 9.17) is 4.98 Å². The molecule has 31 heavy (non-hydrogen) atoms. The number of fused-ring (bicyclic) bond motifs is 1. The van der Waals surface area contributed by atoms with Crippen LogP contribution in [0.2, 0.25) is 0 Å². The highest BCUT2D eigenvalue weighted by molar-refractivity contribution is 6.05. The Balaban J connectivity index is 1.45. The van der Waals surface area contributed by atoms with Gasteiger partial charge >= 0.3 is 0 Å². The number of carbonyl (C=O) groups is 3. The first kappa shape index (κ1) is 19.2. The van der Waals surface area contributed by atoms with Crippen molar-refractivity contribution in [2.45, 2.75) is 32.4 Å². The van der Waals surface area contributed by atoms with Crippen molar-refractivity contribution >= 4 is 17.7 Å². The number of amides is 3. The Kier molecular flexibility index (Phi) is 4.46. The SMILES string of the molecule is Cc1ccccc1-c1nc(-c2ccc3c(c2)CN(C2CCC(=O)NC2=O)C3=O)cn1C. The molecule has 156 valence electrons. The Morgan fingerprint density at radius 2 is 1.87 bits per heavy atom. The van der Waals surface area contributed by atoms with E-state index in [1.807, 2.05) is 42.1 Å². The van der Waals surface area contributed by atoms with Crippen LogP contribution in [0.5, 0.6) is 0 Å². The number of hydrogen-bond donors (Lipinski definition) is 1. The standard InChI is InChI=1S/C24H22N4O3/c1-14-5-3-4-6-17(14)22-25-19(13-27(22)2)15-7-8-18-16(11-15)12-28(24(18)31)20-9-10-21(29)26-23(20)30/h3-8,11,13,20H,9-10,12H2,1-2H3,(H,26,29,30). The topological polar surface area (TPSA) is 84.3 Å². The summed E-state index contributed by atoms with van der Waals surface area (Å²) >= 11 is 0. The zero-order valence-corrected chi connectivity index (χ0v) is 17.4. The molecule has 2 aliphatic heterocycles. The average Bonchev–Trinajstić information content (AvgIpc) is 3.28. The number of rotatable bonds is 3. The molecule has 1 unspecified atom stereocenters. The van der Waals surface area contributed by atoms with Crippen molar-refractivity contribution < 1.29 is 14.4 Å². The molecule has 3 aromatic rings. The molecular formula is C24H22N4O3. The molecule has 0 radical (unpaired) electrons. The summed E-state index contributed by atoms with van der Waals surface area (Å²) in [5.41, 5.74) is 5.46. The quantitative estimate of drug-likeness (QED) is 0.668. The first-order valence-electron chi connectivity index (χ1n) is 10.3. The fourth-order valence-electron chi connectivity index (χ4n) is 4.41. The van der Waals surface area contributed by atoms with Crippen molar-refractivity contribution in [1.82, 2.24) is 19.8 Å². The zero-order chi connectivity index (χ0) is 21.7. The van der Waals surface area contributed by atoms with Crippen molar-refractivity contribution in [3.8, 4) is 22.6 Å². The molecule has 0 aliphatic carbocycles. The van der Waals surface area contributed by atoms with Gasteiger partial charge in [0.05, 0.1) is 5.69 Å². The molecule has 5 rings (SSSR count). The molecule has 0 spiro atoms. The summed E-state index contributed by atoms with van der Waals surface area (Å²) in [7, 11) is 1.97. The maximum absolute atomic E-state index is 12.9. The highest BCUT2D eigenvalue weighted by Crippen LogP contribution is 2.32. The van der Waals surface area contributed by atoms with Gasteiger partial charge in [0, 0.05) is 42.9 Å². The molecule has 1 atom stereocenters. The van der Waals surface area contributed by atoms with Crippen LogP contribution >= 0.6 is 0 Å². The number of carbonyl (C=O) groups excluding carboxylic acids is 3. The molecule has 2 aromatic carbocycles. The summed E-state index contributed by atoms with van der Waals surface area (Å²) in [6, 6.07) is 13.2. The number of nitrogens with zero attached hydrogens (tertiary/aromatic N) is 3. The van der Waals surface area contributed by atoms with Gasteiger partial charge in [-0.2, -0.15) is 0 Å². The van der Waals surface area contributed by atoms with Crippen molar-refractivity contribution in [3.05, 3.63) is 65.4 Å². The largest absolute Gasteiger partial charge is 0.333 e. The van der Waals surface area contributed by atoms with E-state index in [1.165, 1.54) is 0 Å². The van der Waals surface area contributed by atoms with Gasteiger partial charge < -0.3 is 9.47 Å². The molecule has 1 fully saturated rings. The molecular weight excluding hydrogens is 392 g/mol. The number of aromatic nitrogens is 2. The molecule has 1 aromatic heterocycles. The number of imide groups is 1. The maximum Gasteiger partial charge on any atom is 0.255 e. The molecule has 3 amide bonds. The lowest BCUT2D eigenvalue weighted by Gasteiger charge is -2.29. The van der Waals surface area contributed by atoms with Gasteiger partial charge in [0.2, 0.25) is 11.8 Å². The summed E-state index contributed by atoms with van der Waals surface area (Å²) in [4.78, 5) is 43.0. The first-order valence-corrected chi connectivity index (χ1v) is 10.3. The second-order valence-corrected chi connectivity index (χ2v) is 8.15. The van der Waals surface area contributed by atoms with Crippen LogP contribution in [0, 0.1) is 6.92 Å². The van der Waals surface area contributed by atoms with Gasteiger partial charge in [-0.15, -0.1) is 0 Å². The third kappa shape index (κ3) is 3.22. The van der Waals surface area contributed by atoms with Gasteiger partial charge in [0.15, 0.2) is 0 Å². The Morgan fingerprint density at radius 1 is 1.06 bits per heavy atom. The second kappa shape index (κ2) is 7.19. The predicted octanol–water partition coefficient (Wildman–Crippen LogP) is 2.82. The minimum absolute atomic E-state index is 0.169. The Bertz CT molecular complexity index is 1240. The van der Waals surface area contributed by atoms with Crippen LogP contribution in [0.15, 0.2) is 48.7 Å². The van der Waals surface area contributed by atoms with Gasteiger partial charge in [-0.05, 0) is 36.6 Å². The van der Waals surface area contributed by atoms with E-state index in [0.29, 0.717) is 18.5 Å². The van der Waals surface area contributed by atoms with Crippen molar-refractivity contribution in [2.24, 2.45) is 7.05 Å². The number of nitrogens with one attached hydrogen (secondary N) is 1. The Hall–Kier alpha value is -3.74. The minimum Gasteiger partial charge on any atom is -0.333 e. The lowest BCUT2D eigenvalue weighted by Crippen LogP contribution is -2.52. The number of aryl methyl sites for hydroxylation is 2. The van der Waals surface area contributed by atoms with Crippen LogP contribution in [-0.4, -0.2) is 38.2 Å². The highest BCUT2D eigenvalue weighted by atomic mass is 16.2. The summed E-state index contributed by atoms with van der Waals surface area (Å²) in [6.45, 7) is 2.42. The molecule has 0 bridgehead atoms. The molecule has 3 heterocycles. The molecule has 1 saturated heterocycles. The smallest absolute Gasteiger partial charge is 0.255 e. The molecule has 7 nitrogen and oxygen atoms in total. The number of hydrogen-bond acceptors (Lipinski definition) is 4. The van der Waals surface area contributed by atoms with Crippen LogP contribution in [0.1, 0.15) is 34.3 Å². The van der Waals surface area contributed by atoms with E-state index in [1.54, 1.807) is 11.0 Å². The Morgan fingerprint density at radius 3 is 2.65 bits per heavy atom. The van der Waals surface area contributed by atoms with Gasteiger partial charge in [-0.3, -0.25) is 19.7 Å². The summed E-state index contributed by atoms with van der Waals surface area (Å²) in [5.74, 6) is 0.0325. The summed E-state index contributed by atoms with van der Waals surface area (Å²) in [6.07, 6.45) is 2.59. The van der Waals surface area contributed by atoms with E-state index >= 15 is 0 Å². The van der Waals surface area contributed by atoms with Crippen molar-refractivity contribution in [2.75, 3.05) is 0 Å². The minimum atomic E-state index is -0.608. The van der Waals surface area contributed by atoms with Gasteiger partial charge in [-0.1, -0.05) is 30.3 Å². The average molecular weight is 414 g/mol. The van der Waals surface area contributed by atoms with Gasteiger partial charge in [0.1, 0.15) is 11.9 Å². The van der Waals surface area contributed by atoms with Crippen LogP contribution < -0.4 is 5.32 Å². The van der Waals surface area contributed by atoms with Crippen LogP contribution in [-0.2, 0) is 23.2 Å². The second-order valence-electron chi connectivity index (χ2n) is 8.15. The lowest BCUT2D eigenvalue weighted by molar-refractivity contribution is -0.136. The van der Waals surface area contributed by atoms with Crippen molar-refractivity contribution in [3.63, 3.8) is 0 Å². The third-order valence-corrected chi connectivity index (χ3v) is 6.08. The van der Waals surface area contributed by atoms with E-state index in [9.17, 15) is 14.4 Å². The number of benzene rings is 2. The molecule has 7 heteroatoms. The monoisotopic (exact) mass is 414 g/mol. The van der Waals surface area contributed by atoms with E-state index in [2.05, 4.69) is 24.4 Å². The van der Waals surface area contributed by atoms with E-state index in [-0.39, 0.29) is 18.2 Å². The first-order chi connectivity index (χ1) is 14.9. The number of imidazole rings is 1.